The van der Waals surface area contributed by atoms with Crippen molar-refractivity contribution in [1.82, 2.24) is 9.88 Å². The van der Waals surface area contributed by atoms with Gasteiger partial charge in [-0.2, -0.15) is 0 Å². The number of likely N-dealkylation sites (tertiary alicyclic amines) is 1. The van der Waals surface area contributed by atoms with Gasteiger partial charge in [0.25, 0.3) is 11.7 Å². The van der Waals surface area contributed by atoms with E-state index < -0.39 is 23.5 Å². The summed E-state index contributed by atoms with van der Waals surface area (Å²) in [5, 5.41) is 12.1. The lowest BCUT2D eigenvalue weighted by Crippen LogP contribution is -2.31. The number of halogens is 1. The van der Waals surface area contributed by atoms with Gasteiger partial charge < -0.3 is 15.0 Å². The number of aryl methyl sites for hydroxylation is 1. The van der Waals surface area contributed by atoms with Crippen molar-refractivity contribution in [3.8, 4) is 0 Å². The largest absolute Gasteiger partial charge is 0.507 e. The molecular formula is C28H23FN2O3. The van der Waals surface area contributed by atoms with Crippen LogP contribution in [0.25, 0.3) is 16.7 Å². The molecular weight excluding hydrogens is 431 g/mol. The fraction of sp³-hybridized carbons (Fsp3) is 0.143. The van der Waals surface area contributed by atoms with E-state index in [0.717, 1.165) is 27.6 Å². The lowest BCUT2D eigenvalue weighted by atomic mass is 9.94. The van der Waals surface area contributed by atoms with Crippen LogP contribution in [0.5, 0.6) is 0 Å². The van der Waals surface area contributed by atoms with Crippen LogP contribution in [0.2, 0.25) is 0 Å². The van der Waals surface area contributed by atoms with Crippen molar-refractivity contribution in [2.75, 3.05) is 6.54 Å². The van der Waals surface area contributed by atoms with Gasteiger partial charge in [0.05, 0.1) is 11.6 Å². The molecule has 1 aliphatic heterocycles. The number of ketones is 1. The summed E-state index contributed by atoms with van der Waals surface area (Å²) in [7, 11) is 0. The third-order valence-corrected chi connectivity index (χ3v) is 6.35. The van der Waals surface area contributed by atoms with Gasteiger partial charge >= 0.3 is 0 Å². The highest BCUT2D eigenvalue weighted by atomic mass is 19.1. The molecule has 2 heterocycles. The van der Waals surface area contributed by atoms with Gasteiger partial charge in [0, 0.05) is 29.2 Å². The first-order valence-electron chi connectivity index (χ1n) is 11.1. The molecule has 170 valence electrons. The zero-order valence-electron chi connectivity index (χ0n) is 18.6. The van der Waals surface area contributed by atoms with Crippen molar-refractivity contribution in [2.45, 2.75) is 19.4 Å². The maximum atomic E-state index is 13.4. The van der Waals surface area contributed by atoms with Crippen molar-refractivity contribution in [1.29, 1.82) is 0 Å². The zero-order valence-corrected chi connectivity index (χ0v) is 18.6. The molecule has 3 aromatic carbocycles. The maximum absolute atomic E-state index is 13.4. The number of rotatable bonds is 5. The first kappa shape index (κ1) is 21.6. The highest BCUT2D eigenvalue weighted by molar-refractivity contribution is 6.46. The molecule has 0 saturated carbocycles. The summed E-state index contributed by atoms with van der Waals surface area (Å²) < 4.78 is 13.4. The smallest absolute Gasteiger partial charge is 0.295 e. The number of amides is 1. The average molecular weight is 455 g/mol. The Kier molecular flexibility index (Phi) is 5.49. The summed E-state index contributed by atoms with van der Waals surface area (Å²) in [6, 6.07) is 19.9. The molecule has 1 unspecified atom stereocenters. The third-order valence-electron chi connectivity index (χ3n) is 6.35. The van der Waals surface area contributed by atoms with Gasteiger partial charge in [-0.05, 0) is 54.8 Å². The van der Waals surface area contributed by atoms with E-state index in [0.29, 0.717) is 13.0 Å². The highest BCUT2D eigenvalue weighted by Gasteiger charge is 2.45. The molecule has 1 amide bonds. The molecule has 5 nitrogen and oxygen atoms in total. The Labute approximate surface area is 196 Å². The van der Waals surface area contributed by atoms with E-state index in [1.54, 1.807) is 0 Å². The van der Waals surface area contributed by atoms with Crippen molar-refractivity contribution in [3.63, 3.8) is 0 Å². The molecule has 34 heavy (non-hydrogen) atoms. The van der Waals surface area contributed by atoms with Gasteiger partial charge in [-0.15, -0.1) is 0 Å². The van der Waals surface area contributed by atoms with Gasteiger partial charge in [0.2, 0.25) is 0 Å². The zero-order chi connectivity index (χ0) is 23.8. The fourth-order valence-corrected chi connectivity index (χ4v) is 4.55. The summed E-state index contributed by atoms with van der Waals surface area (Å²) in [5.74, 6) is -2.16. The van der Waals surface area contributed by atoms with Crippen LogP contribution in [0, 0.1) is 12.7 Å². The standard InChI is InChI=1S/C28H23FN2O3/c1-17-6-8-18(9-7-17)25-24(26(32)19-10-12-21(29)13-11-19)27(33)28(34)31(25)15-14-20-16-30-23-5-3-2-4-22(20)23/h2-13,16,25,30,32H,14-15H2,1H3. The van der Waals surface area contributed by atoms with Gasteiger partial charge in [0.15, 0.2) is 0 Å². The third kappa shape index (κ3) is 3.77. The monoisotopic (exact) mass is 454 g/mol. The van der Waals surface area contributed by atoms with Gasteiger partial charge in [-0.3, -0.25) is 9.59 Å². The number of fused-ring (bicyclic) bond motifs is 1. The quantitative estimate of drug-likeness (QED) is 0.245. The topological polar surface area (TPSA) is 73.4 Å². The molecule has 1 saturated heterocycles. The van der Waals surface area contributed by atoms with Gasteiger partial charge in [-0.25, -0.2) is 4.39 Å². The molecule has 0 radical (unpaired) electrons. The van der Waals surface area contributed by atoms with Crippen molar-refractivity contribution < 1.29 is 19.1 Å². The lowest BCUT2D eigenvalue weighted by molar-refractivity contribution is -0.139. The predicted octanol–water partition coefficient (Wildman–Crippen LogP) is 5.28. The van der Waals surface area contributed by atoms with E-state index >= 15 is 0 Å². The van der Waals surface area contributed by atoms with Crippen LogP contribution in [-0.4, -0.2) is 33.2 Å². The van der Waals surface area contributed by atoms with E-state index in [2.05, 4.69) is 4.98 Å². The molecule has 2 N–H and O–H groups in total. The molecule has 0 spiro atoms. The Morgan fingerprint density at radius 3 is 2.44 bits per heavy atom. The number of carbonyl (C=O) groups is 2. The minimum Gasteiger partial charge on any atom is -0.507 e. The Morgan fingerprint density at radius 2 is 1.71 bits per heavy atom. The van der Waals surface area contributed by atoms with E-state index in [9.17, 15) is 19.1 Å². The van der Waals surface area contributed by atoms with Crippen LogP contribution >= 0.6 is 0 Å². The van der Waals surface area contributed by atoms with E-state index in [4.69, 9.17) is 0 Å². The Hall–Kier alpha value is -4.19. The number of hydrogen-bond acceptors (Lipinski definition) is 3. The first-order chi connectivity index (χ1) is 16.4. The van der Waals surface area contributed by atoms with Gasteiger partial charge in [0.1, 0.15) is 11.6 Å². The summed E-state index contributed by atoms with van der Waals surface area (Å²) in [6.07, 6.45) is 2.46. The van der Waals surface area contributed by atoms with E-state index in [1.165, 1.54) is 29.2 Å². The second kappa shape index (κ2) is 8.63. The number of para-hydroxylation sites is 1. The van der Waals surface area contributed by atoms with Crippen LogP contribution in [-0.2, 0) is 16.0 Å². The number of nitrogens with zero attached hydrogens (tertiary/aromatic N) is 1. The average Bonchev–Trinajstić information content (AvgIpc) is 3.37. The Morgan fingerprint density at radius 1 is 1.00 bits per heavy atom. The second-order valence-corrected chi connectivity index (χ2v) is 8.52. The number of aromatic nitrogens is 1. The molecule has 1 atom stereocenters. The Bertz CT molecular complexity index is 1420. The number of H-pyrrole nitrogens is 1. The Balaban J connectivity index is 1.56. The summed E-state index contributed by atoms with van der Waals surface area (Å²) >= 11 is 0. The highest BCUT2D eigenvalue weighted by Crippen LogP contribution is 2.39. The minimum atomic E-state index is -0.744. The van der Waals surface area contributed by atoms with Crippen molar-refractivity contribution >= 4 is 28.4 Å². The van der Waals surface area contributed by atoms with Crippen LogP contribution in [0.4, 0.5) is 4.39 Å². The van der Waals surface area contributed by atoms with Crippen LogP contribution in [0.15, 0.2) is 84.6 Å². The number of nitrogens with one attached hydrogen (secondary N) is 1. The maximum Gasteiger partial charge on any atom is 0.295 e. The molecule has 1 fully saturated rings. The minimum absolute atomic E-state index is 0.0133. The number of hydrogen-bond donors (Lipinski definition) is 2. The number of aromatic amines is 1. The van der Waals surface area contributed by atoms with Crippen LogP contribution in [0.1, 0.15) is 28.3 Å². The normalized spacial score (nSPS) is 17.6. The second-order valence-electron chi connectivity index (χ2n) is 8.52. The number of benzene rings is 3. The number of carbonyl (C=O) groups excluding carboxylic acids is 2. The van der Waals surface area contributed by atoms with Crippen LogP contribution in [0.3, 0.4) is 0 Å². The van der Waals surface area contributed by atoms with Crippen LogP contribution < -0.4 is 0 Å². The molecule has 0 aliphatic carbocycles. The summed E-state index contributed by atoms with van der Waals surface area (Å²) in [6.45, 7) is 2.25. The molecule has 4 aromatic rings. The summed E-state index contributed by atoms with van der Waals surface area (Å²) in [5.41, 5.74) is 4.11. The first-order valence-corrected chi connectivity index (χ1v) is 11.1. The molecule has 1 aliphatic rings. The van der Waals surface area contributed by atoms with Crippen molar-refractivity contribution in [2.24, 2.45) is 0 Å². The SMILES string of the molecule is Cc1ccc(C2C(=C(O)c3ccc(F)cc3)C(=O)C(=O)N2CCc2c[nH]c3ccccc23)cc1. The molecule has 6 heteroatoms. The molecule has 5 rings (SSSR count). The van der Waals surface area contributed by atoms with Crippen molar-refractivity contribution in [3.05, 3.63) is 113 Å². The predicted molar refractivity (Wildman–Crippen MR) is 129 cm³/mol. The summed E-state index contributed by atoms with van der Waals surface area (Å²) in [4.78, 5) is 31.0. The lowest BCUT2D eigenvalue weighted by Gasteiger charge is -2.25. The molecule has 0 bridgehead atoms. The van der Waals surface area contributed by atoms with E-state index in [1.807, 2.05) is 61.7 Å². The number of aliphatic hydroxyl groups is 1. The number of Topliss-reactive ketones (excluding diaryl/α,β-unsaturated/α-hetero) is 1. The molecule has 1 aromatic heterocycles. The van der Waals surface area contributed by atoms with E-state index in [-0.39, 0.29) is 16.9 Å². The number of aliphatic hydroxyl groups excluding tert-OH is 1. The van der Waals surface area contributed by atoms with Gasteiger partial charge in [-0.1, -0.05) is 48.0 Å². The fourth-order valence-electron chi connectivity index (χ4n) is 4.55.